The summed E-state index contributed by atoms with van der Waals surface area (Å²) >= 11 is 0. The van der Waals surface area contributed by atoms with Gasteiger partial charge in [-0.25, -0.2) is 0 Å². The normalized spacial score (nSPS) is 25.3. The predicted octanol–water partition coefficient (Wildman–Crippen LogP) is 1.96. The Morgan fingerprint density at radius 1 is 1.36 bits per heavy atom. The van der Waals surface area contributed by atoms with Crippen LogP contribution in [0.5, 0.6) is 0 Å². The van der Waals surface area contributed by atoms with Crippen LogP contribution in [0.2, 0.25) is 0 Å². The standard InChI is InChI=1S/C17H26N2O5S/c1-12-10-15(12)16-5-4-14(24-16)11-18(2)25(21,22)19-8-6-13(7-9-19)17(20)23-3/h4-5,12-13,15H,6-11H2,1-3H3/t12-,15+/m1/s1. The van der Waals surface area contributed by atoms with Gasteiger partial charge in [-0.05, 0) is 37.3 Å². The summed E-state index contributed by atoms with van der Waals surface area (Å²) < 4.78 is 38.8. The Kier molecular flexibility index (Phi) is 5.22. The molecule has 25 heavy (non-hydrogen) atoms. The maximum Gasteiger partial charge on any atom is 0.308 e. The highest BCUT2D eigenvalue weighted by Gasteiger charge is 2.37. The van der Waals surface area contributed by atoms with Crippen LogP contribution < -0.4 is 0 Å². The van der Waals surface area contributed by atoms with Gasteiger partial charge in [0.15, 0.2) is 0 Å². The van der Waals surface area contributed by atoms with Gasteiger partial charge < -0.3 is 9.15 Å². The first-order chi connectivity index (χ1) is 11.8. The lowest BCUT2D eigenvalue weighted by Gasteiger charge is -2.32. The Morgan fingerprint density at radius 2 is 2.00 bits per heavy atom. The van der Waals surface area contributed by atoms with Crippen molar-refractivity contribution in [1.82, 2.24) is 8.61 Å². The van der Waals surface area contributed by atoms with E-state index in [1.807, 2.05) is 12.1 Å². The molecular formula is C17H26N2O5S. The molecule has 0 aromatic carbocycles. The minimum atomic E-state index is -3.57. The van der Waals surface area contributed by atoms with Crippen LogP contribution in [0, 0.1) is 11.8 Å². The van der Waals surface area contributed by atoms with E-state index in [1.165, 1.54) is 15.7 Å². The van der Waals surface area contributed by atoms with Crippen LogP contribution in [0.1, 0.15) is 43.6 Å². The number of hydrogen-bond donors (Lipinski definition) is 0. The lowest BCUT2D eigenvalue weighted by molar-refractivity contribution is -0.146. The van der Waals surface area contributed by atoms with Crippen LogP contribution in [0.3, 0.4) is 0 Å². The van der Waals surface area contributed by atoms with Crippen molar-refractivity contribution in [3.05, 3.63) is 23.7 Å². The third-order valence-electron chi connectivity index (χ3n) is 5.24. The highest BCUT2D eigenvalue weighted by atomic mass is 32.2. The average Bonchev–Trinajstić information content (AvgIpc) is 3.15. The predicted molar refractivity (Wildman–Crippen MR) is 91.9 cm³/mol. The molecule has 0 radical (unpaired) electrons. The molecule has 0 N–H and O–H groups in total. The van der Waals surface area contributed by atoms with E-state index in [2.05, 4.69) is 6.92 Å². The number of piperidine rings is 1. The molecule has 0 unspecified atom stereocenters. The third-order valence-corrected chi connectivity index (χ3v) is 7.18. The van der Waals surface area contributed by atoms with Crippen molar-refractivity contribution < 1.29 is 22.4 Å². The van der Waals surface area contributed by atoms with Gasteiger partial charge in [0.05, 0.1) is 19.6 Å². The third kappa shape index (κ3) is 3.91. The fourth-order valence-corrected chi connectivity index (χ4v) is 4.74. The number of nitrogens with zero attached hydrogens (tertiary/aromatic N) is 2. The van der Waals surface area contributed by atoms with Crippen molar-refractivity contribution >= 4 is 16.2 Å². The lowest BCUT2D eigenvalue weighted by Crippen LogP contribution is -2.46. The number of esters is 1. The van der Waals surface area contributed by atoms with Gasteiger partial charge in [-0.2, -0.15) is 17.0 Å². The second-order valence-electron chi connectivity index (χ2n) is 7.08. The Hall–Kier alpha value is -1.38. The topological polar surface area (TPSA) is 80.1 Å². The zero-order chi connectivity index (χ0) is 18.2. The fourth-order valence-electron chi connectivity index (χ4n) is 3.38. The van der Waals surface area contributed by atoms with E-state index in [0.717, 1.165) is 12.2 Å². The molecule has 8 heteroatoms. The van der Waals surface area contributed by atoms with Crippen molar-refractivity contribution in [3.8, 4) is 0 Å². The van der Waals surface area contributed by atoms with E-state index >= 15 is 0 Å². The number of rotatable bonds is 6. The Bertz CT molecular complexity index is 721. The Balaban J connectivity index is 1.58. The Labute approximate surface area is 149 Å². The first kappa shape index (κ1) is 18.4. The molecule has 140 valence electrons. The molecule has 1 aromatic heterocycles. The van der Waals surface area contributed by atoms with Crippen LogP contribution in [-0.4, -0.2) is 50.2 Å². The molecular weight excluding hydrogens is 344 g/mol. The summed E-state index contributed by atoms with van der Waals surface area (Å²) in [7, 11) is -0.648. The molecule has 1 aromatic rings. The zero-order valence-electron chi connectivity index (χ0n) is 15.0. The molecule has 0 spiro atoms. The molecule has 7 nitrogen and oxygen atoms in total. The van der Waals surface area contributed by atoms with Crippen LogP contribution in [-0.2, 0) is 26.3 Å². The number of hydrogen-bond acceptors (Lipinski definition) is 5. The summed E-state index contributed by atoms with van der Waals surface area (Å²) in [6, 6.07) is 3.81. The smallest absolute Gasteiger partial charge is 0.308 e. The molecule has 1 saturated heterocycles. The largest absolute Gasteiger partial charge is 0.469 e. The molecule has 2 fully saturated rings. The van der Waals surface area contributed by atoms with E-state index in [4.69, 9.17) is 9.15 Å². The van der Waals surface area contributed by atoms with Gasteiger partial charge in [-0.1, -0.05) is 6.92 Å². The van der Waals surface area contributed by atoms with Crippen molar-refractivity contribution in [3.63, 3.8) is 0 Å². The quantitative estimate of drug-likeness (QED) is 0.715. The van der Waals surface area contributed by atoms with Crippen LogP contribution in [0.25, 0.3) is 0 Å². The van der Waals surface area contributed by atoms with Crippen LogP contribution >= 0.6 is 0 Å². The van der Waals surface area contributed by atoms with Gasteiger partial charge in [0.1, 0.15) is 11.5 Å². The first-order valence-corrected chi connectivity index (χ1v) is 10.1. The average molecular weight is 370 g/mol. The van der Waals surface area contributed by atoms with Crippen LogP contribution in [0.4, 0.5) is 0 Å². The lowest BCUT2D eigenvalue weighted by atomic mass is 9.99. The summed E-state index contributed by atoms with van der Waals surface area (Å²) in [6.45, 7) is 3.05. The van der Waals surface area contributed by atoms with E-state index in [1.54, 1.807) is 7.05 Å². The number of carbonyl (C=O) groups is 1. The number of ether oxygens (including phenoxy) is 1. The molecule has 3 rings (SSSR count). The maximum absolute atomic E-state index is 12.7. The summed E-state index contributed by atoms with van der Waals surface area (Å²) in [5.41, 5.74) is 0. The number of methoxy groups -OCH3 is 1. The maximum atomic E-state index is 12.7. The molecule has 2 aliphatic rings. The highest BCUT2D eigenvalue weighted by molar-refractivity contribution is 7.86. The molecule has 0 bridgehead atoms. The molecule has 0 amide bonds. The zero-order valence-corrected chi connectivity index (χ0v) is 15.8. The molecule has 2 heterocycles. The summed E-state index contributed by atoms with van der Waals surface area (Å²) in [5.74, 6) is 2.26. The minimum Gasteiger partial charge on any atom is -0.469 e. The fraction of sp³-hybridized carbons (Fsp3) is 0.706. The molecule has 1 aliphatic heterocycles. The van der Waals surface area contributed by atoms with Gasteiger partial charge in [-0.15, -0.1) is 0 Å². The van der Waals surface area contributed by atoms with E-state index < -0.39 is 10.2 Å². The summed E-state index contributed by atoms with van der Waals surface area (Å²) in [6.07, 6.45) is 2.12. The monoisotopic (exact) mass is 370 g/mol. The van der Waals surface area contributed by atoms with E-state index in [0.29, 0.717) is 43.5 Å². The van der Waals surface area contributed by atoms with Crippen molar-refractivity contribution in [2.75, 3.05) is 27.2 Å². The molecule has 1 aliphatic carbocycles. The minimum absolute atomic E-state index is 0.209. The Morgan fingerprint density at radius 3 is 2.56 bits per heavy atom. The van der Waals surface area contributed by atoms with Crippen molar-refractivity contribution in [1.29, 1.82) is 0 Å². The summed E-state index contributed by atoms with van der Waals surface area (Å²) in [4.78, 5) is 11.6. The van der Waals surface area contributed by atoms with Gasteiger partial charge in [0, 0.05) is 26.1 Å². The molecule has 1 saturated carbocycles. The van der Waals surface area contributed by atoms with Crippen LogP contribution in [0.15, 0.2) is 16.5 Å². The SMILES string of the molecule is COC(=O)C1CCN(S(=O)(=O)N(C)Cc2ccc([C@H]3C[C@H]3C)o2)CC1. The van der Waals surface area contributed by atoms with Gasteiger partial charge in [0.25, 0.3) is 10.2 Å². The number of carbonyl (C=O) groups excluding carboxylic acids is 1. The van der Waals surface area contributed by atoms with Crippen molar-refractivity contribution in [2.45, 2.75) is 38.6 Å². The second-order valence-corrected chi connectivity index (χ2v) is 9.12. The van der Waals surface area contributed by atoms with E-state index in [-0.39, 0.29) is 18.4 Å². The van der Waals surface area contributed by atoms with Crippen molar-refractivity contribution in [2.24, 2.45) is 11.8 Å². The molecule has 2 atom stereocenters. The number of furan rings is 1. The van der Waals surface area contributed by atoms with Gasteiger partial charge in [-0.3, -0.25) is 4.79 Å². The highest BCUT2D eigenvalue weighted by Crippen LogP contribution is 2.47. The first-order valence-electron chi connectivity index (χ1n) is 8.70. The van der Waals surface area contributed by atoms with Gasteiger partial charge in [0.2, 0.25) is 0 Å². The van der Waals surface area contributed by atoms with E-state index in [9.17, 15) is 13.2 Å². The second kappa shape index (κ2) is 7.09. The summed E-state index contributed by atoms with van der Waals surface area (Å²) in [5, 5.41) is 0. The van der Waals surface area contributed by atoms with Gasteiger partial charge >= 0.3 is 5.97 Å².